The first-order chi connectivity index (χ1) is 11.6. The van der Waals surface area contributed by atoms with Crippen LogP contribution in [0.3, 0.4) is 0 Å². The van der Waals surface area contributed by atoms with Crippen LogP contribution >= 0.6 is 0 Å². The third kappa shape index (κ3) is 2.42. The number of nitrogens with zero attached hydrogens (tertiary/aromatic N) is 4. The fourth-order valence-electron chi connectivity index (χ4n) is 3.09. The van der Waals surface area contributed by atoms with Crippen LogP contribution in [0.4, 0.5) is 5.82 Å². The van der Waals surface area contributed by atoms with Gasteiger partial charge in [-0.2, -0.15) is 0 Å². The third-order valence-electron chi connectivity index (χ3n) is 4.45. The maximum absolute atomic E-state index is 12.7. The molecule has 5 nitrogen and oxygen atoms in total. The second kappa shape index (κ2) is 5.67. The average Bonchev–Trinajstić information content (AvgIpc) is 3.02. The van der Waals surface area contributed by atoms with Gasteiger partial charge in [-0.1, -0.05) is 19.9 Å². The van der Waals surface area contributed by atoms with Gasteiger partial charge in [-0.05, 0) is 41.7 Å². The molecule has 3 heterocycles. The molecular weight excluding hydrogens is 300 g/mol. The maximum atomic E-state index is 12.7. The summed E-state index contributed by atoms with van der Waals surface area (Å²) in [7, 11) is 0. The molecule has 0 saturated heterocycles. The van der Waals surface area contributed by atoms with Crippen molar-refractivity contribution in [3.05, 3.63) is 59.7 Å². The first-order valence-corrected chi connectivity index (χ1v) is 8.15. The summed E-state index contributed by atoms with van der Waals surface area (Å²) in [5, 5.41) is 1.13. The summed E-state index contributed by atoms with van der Waals surface area (Å²) in [6.07, 6.45) is 5.41. The van der Waals surface area contributed by atoms with Crippen LogP contribution in [-0.4, -0.2) is 27.4 Å². The lowest BCUT2D eigenvalue weighted by molar-refractivity contribution is 0.0983. The first-order valence-electron chi connectivity index (χ1n) is 8.15. The van der Waals surface area contributed by atoms with Crippen molar-refractivity contribution < 1.29 is 4.79 Å². The Morgan fingerprint density at radius 3 is 2.83 bits per heavy atom. The van der Waals surface area contributed by atoms with Crippen molar-refractivity contribution in [1.82, 2.24) is 15.0 Å². The quantitative estimate of drug-likeness (QED) is 0.727. The molecule has 0 atom stereocenters. The number of pyridine rings is 1. The molecule has 0 radical (unpaired) electrons. The Morgan fingerprint density at radius 2 is 2.08 bits per heavy atom. The Balaban J connectivity index is 1.75. The molecule has 1 amide bonds. The van der Waals surface area contributed by atoms with Crippen molar-refractivity contribution in [2.24, 2.45) is 0 Å². The number of aromatic nitrogens is 3. The molecule has 0 saturated carbocycles. The molecule has 120 valence electrons. The molecule has 1 aliphatic heterocycles. The highest BCUT2D eigenvalue weighted by Gasteiger charge is 2.28. The lowest BCUT2D eigenvalue weighted by atomic mass is 10.0. The zero-order valence-electron chi connectivity index (χ0n) is 13.7. The van der Waals surface area contributed by atoms with Crippen LogP contribution in [0.2, 0.25) is 0 Å². The smallest absolute Gasteiger partial charge is 0.279 e. The average molecular weight is 318 g/mol. The standard InChI is InChI=1S/C19H18N4O/c1-12(2)13-3-4-16-15(9-13)10-14-5-8-23(18(14)22-16)19(24)17-11-20-6-7-21-17/h3-4,6-7,9-12H,5,8H2,1-2H3. The van der Waals surface area contributed by atoms with E-state index in [9.17, 15) is 4.79 Å². The lowest BCUT2D eigenvalue weighted by Gasteiger charge is -2.16. The fraction of sp³-hybridized carbons (Fsp3) is 0.263. The van der Waals surface area contributed by atoms with Crippen molar-refractivity contribution in [3.63, 3.8) is 0 Å². The molecule has 0 spiro atoms. The minimum Gasteiger partial charge on any atom is -0.291 e. The molecule has 0 fully saturated rings. The Bertz CT molecular complexity index is 921. The highest BCUT2D eigenvalue weighted by atomic mass is 16.2. The molecule has 0 aliphatic carbocycles. The summed E-state index contributed by atoms with van der Waals surface area (Å²) < 4.78 is 0. The highest BCUT2D eigenvalue weighted by Crippen LogP contribution is 2.31. The predicted octanol–water partition coefficient (Wildman–Crippen LogP) is 3.35. The molecule has 3 aromatic rings. The van der Waals surface area contributed by atoms with Crippen LogP contribution in [0.25, 0.3) is 10.9 Å². The molecule has 0 unspecified atom stereocenters. The van der Waals surface area contributed by atoms with E-state index in [-0.39, 0.29) is 5.91 Å². The van der Waals surface area contributed by atoms with Gasteiger partial charge in [-0.25, -0.2) is 9.97 Å². The molecule has 5 heteroatoms. The Kier molecular flexibility index (Phi) is 3.49. The number of carbonyl (C=O) groups is 1. The van der Waals surface area contributed by atoms with Gasteiger partial charge in [-0.3, -0.25) is 14.7 Å². The molecule has 2 aromatic heterocycles. The highest BCUT2D eigenvalue weighted by molar-refractivity contribution is 6.05. The molecule has 24 heavy (non-hydrogen) atoms. The summed E-state index contributed by atoms with van der Waals surface area (Å²) in [6, 6.07) is 8.50. The first kappa shape index (κ1) is 14.8. The second-order valence-corrected chi connectivity index (χ2v) is 6.38. The van der Waals surface area contributed by atoms with E-state index in [1.165, 1.54) is 18.0 Å². The van der Waals surface area contributed by atoms with Crippen molar-refractivity contribution in [2.75, 3.05) is 11.4 Å². The number of anilines is 1. The van der Waals surface area contributed by atoms with Crippen molar-refractivity contribution in [1.29, 1.82) is 0 Å². The van der Waals surface area contributed by atoms with Crippen molar-refractivity contribution >= 4 is 22.6 Å². The van der Waals surface area contributed by atoms with Crippen LogP contribution in [-0.2, 0) is 6.42 Å². The van der Waals surface area contributed by atoms with Crippen LogP contribution < -0.4 is 4.90 Å². The molecule has 1 aliphatic rings. The van der Waals surface area contributed by atoms with Crippen molar-refractivity contribution in [3.8, 4) is 0 Å². The third-order valence-corrected chi connectivity index (χ3v) is 4.45. The molecule has 1 aromatic carbocycles. The van der Waals surface area contributed by atoms with Crippen LogP contribution in [0.15, 0.2) is 42.9 Å². The monoisotopic (exact) mass is 318 g/mol. The van der Waals surface area contributed by atoms with E-state index in [0.29, 0.717) is 18.2 Å². The van der Waals surface area contributed by atoms with E-state index in [0.717, 1.165) is 28.7 Å². The van der Waals surface area contributed by atoms with Gasteiger partial charge >= 0.3 is 0 Å². The second-order valence-electron chi connectivity index (χ2n) is 6.38. The number of benzene rings is 1. The van der Waals surface area contributed by atoms with Gasteiger partial charge in [0.1, 0.15) is 11.5 Å². The van der Waals surface area contributed by atoms with E-state index in [1.807, 2.05) is 6.07 Å². The zero-order valence-corrected chi connectivity index (χ0v) is 13.7. The van der Waals surface area contributed by atoms with Crippen LogP contribution in [0, 0.1) is 0 Å². The fourth-order valence-corrected chi connectivity index (χ4v) is 3.09. The van der Waals surface area contributed by atoms with Gasteiger partial charge < -0.3 is 0 Å². The van der Waals surface area contributed by atoms with Crippen LogP contribution in [0.5, 0.6) is 0 Å². The van der Waals surface area contributed by atoms with Gasteiger partial charge in [0.05, 0.1) is 11.7 Å². The zero-order chi connectivity index (χ0) is 16.7. The SMILES string of the molecule is CC(C)c1ccc2nc3c(cc2c1)CCN3C(=O)c1cnccn1. The van der Waals surface area contributed by atoms with E-state index in [4.69, 9.17) is 4.98 Å². The summed E-state index contributed by atoms with van der Waals surface area (Å²) in [5.41, 5.74) is 3.68. The number of hydrogen-bond donors (Lipinski definition) is 0. The summed E-state index contributed by atoms with van der Waals surface area (Å²) in [4.78, 5) is 27.2. The minimum absolute atomic E-state index is 0.146. The Labute approximate surface area is 140 Å². The number of amides is 1. The van der Waals surface area contributed by atoms with Gasteiger partial charge in [0.2, 0.25) is 0 Å². The maximum Gasteiger partial charge on any atom is 0.279 e. The Morgan fingerprint density at radius 1 is 1.21 bits per heavy atom. The van der Waals surface area contributed by atoms with E-state index >= 15 is 0 Å². The topological polar surface area (TPSA) is 59.0 Å². The molecule has 0 bridgehead atoms. The summed E-state index contributed by atoms with van der Waals surface area (Å²) >= 11 is 0. The largest absolute Gasteiger partial charge is 0.291 e. The predicted molar refractivity (Wildman–Crippen MR) is 93.2 cm³/mol. The summed E-state index contributed by atoms with van der Waals surface area (Å²) in [6.45, 7) is 5.00. The van der Waals surface area contributed by atoms with Gasteiger partial charge in [0, 0.05) is 24.3 Å². The minimum atomic E-state index is -0.146. The van der Waals surface area contributed by atoms with Crippen LogP contribution in [0.1, 0.15) is 41.4 Å². The number of fused-ring (bicyclic) bond motifs is 2. The Hall–Kier alpha value is -2.82. The normalized spacial score (nSPS) is 13.5. The van der Waals surface area contributed by atoms with Gasteiger partial charge in [0.25, 0.3) is 5.91 Å². The number of rotatable bonds is 2. The lowest BCUT2D eigenvalue weighted by Crippen LogP contribution is -2.30. The number of hydrogen-bond acceptors (Lipinski definition) is 4. The van der Waals surface area contributed by atoms with E-state index < -0.39 is 0 Å². The number of carbonyl (C=O) groups excluding carboxylic acids is 1. The van der Waals surface area contributed by atoms with E-state index in [2.05, 4.69) is 42.0 Å². The molecule has 0 N–H and O–H groups in total. The van der Waals surface area contributed by atoms with Gasteiger partial charge in [0.15, 0.2) is 0 Å². The molecule has 4 rings (SSSR count). The summed E-state index contributed by atoms with van der Waals surface area (Å²) in [5.74, 6) is 1.08. The molecular formula is C19H18N4O. The van der Waals surface area contributed by atoms with Gasteiger partial charge in [-0.15, -0.1) is 0 Å². The van der Waals surface area contributed by atoms with E-state index in [1.54, 1.807) is 11.1 Å². The van der Waals surface area contributed by atoms with Crippen molar-refractivity contribution in [2.45, 2.75) is 26.2 Å².